The van der Waals surface area contributed by atoms with Crippen LogP contribution in [0.2, 0.25) is 0 Å². The van der Waals surface area contributed by atoms with Crippen molar-refractivity contribution in [2.45, 2.75) is 0 Å². The van der Waals surface area contributed by atoms with Crippen LogP contribution in [0.25, 0.3) is 0 Å². The third kappa shape index (κ3) is 2.52. The van der Waals surface area contributed by atoms with E-state index in [0.29, 0.717) is 0 Å². The number of hydrogen-bond donors (Lipinski definition) is 3. The summed E-state index contributed by atoms with van der Waals surface area (Å²) in [4.78, 5) is 15.6. The Labute approximate surface area is 97.4 Å². The van der Waals surface area contributed by atoms with Gasteiger partial charge in [0, 0.05) is 11.8 Å². The number of phenolic OH excluding ortho intramolecular Hbond substituents is 1. The molecule has 2 rings (SSSR count). The highest BCUT2D eigenvalue weighted by atomic mass is 16.3. The molecule has 5 heteroatoms. The maximum absolute atomic E-state index is 11.7. The molecule has 1 aromatic carbocycles. The highest BCUT2D eigenvalue weighted by Gasteiger charge is 2.09. The molecule has 0 spiro atoms. The van der Waals surface area contributed by atoms with Crippen LogP contribution in [0.5, 0.6) is 11.5 Å². The number of nitrogens with one attached hydrogen (secondary N) is 1. The molecule has 1 heterocycles. The lowest BCUT2D eigenvalue weighted by Gasteiger charge is -2.05. The van der Waals surface area contributed by atoms with Crippen LogP contribution in [-0.4, -0.2) is 21.1 Å². The van der Waals surface area contributed by atoms with Crippen LogP contribution in [0, 0.1) is 0 Å². The SMILES string of the molecule is O=C(Nc1ncccc1O)c1cccc(O)c1. The van der Waals surface area contributed by atoms with Gasteiger partial charge in [-0.1, -0.05) is 6.07 Å². The lowest BCUT2D eigenvalue weighted by molar-refractivity contribution is 0.102. The summed E-state index contributed by atoms with van der Waals surface area (Å²) >= 11 is 0. The minimum atomic E-state index is -0.449. The normalized spacial score (nSPS) is 9.88. The average molecular weight is 230 g/mol. The highest BCUT2D eigenvalue weighted by molar-refractivity contribution is 6.04. The quantitative estimate of drug-likeness (QED) is 0.733. The molecule has 0 bridgehead atoms. The Bertz CT molecular complexity index is 555. The molecule has 0 aliphatic heterocycles. The van der Waals surface area contributed by atoms with Crippen molar-refractivity contribution in [2.75, 3.05) is 5.32 Å². The van der Waals surface area contributed by atoms with Crippen LogP contribution in [0.15, 0.2) is 42.6 Å². The molecule has 0 radical (unpaired) electrons. The summed E-state index contributed by atoms with van der Waals surface area (Å²) in [6.07, 6.45) is 1.46. The van der Waals surface area contributed by atoms with Gasteiger partial charge in [-0.15, -0.1) is 0 Å². The van der Waals surface area contributed by atoms with Crippen molar-refractivity contribution in [2.24, 2.45) is 0 Å². The van der Waals surface area contributed by atoms with Crippen LogP contribution in [0.3, 0.4) is 0 Å². The smallest absolute Gasteiger partial charge is 0.257 e. The second-order valence-corrected chi connectivity index (χ2v) is 3.38. The van der Waals surface area contributed by atoms with E-state index in [2.05, 4.69) is 10.3 Å². The average Bonchev–Trinajstić information content (AvgIpc) is 2.32. The largest absolute Gasteiger partial charge is 0.508 e. The Kier molecular flexibility index (Phi) is 2.91. The molecule has 0 aliphatic carbocycles. The zero-order valence-corrected chi connectivity index (χ0v) is 8.79. The lowest BCUT2D eigenvalue weighted by Crippen LogP contribution is -2.12. The van der Waals surface area contributed by atoms with Gasteiger partial charge in [0.05, 0.1) is 0 Å². The monoisotopic (exact) mass is 230 g/mol. The van der Waals surface area contributed by atoms with Crippen LogP contribution >= 0.6 is 0 Å². The van der Waals surface area contributed by atoms with E-state index < -0.39 is 5.91 Å². The summed E-state index contributed by atoms with van der Waals surface area (Å²) in [6, 6.07) is 8.88. The fourth-order valence-electron chi connectivity index (χ4n) is 1.32. The van der Waals surface area contributed by atoms with Crippen molar-refractivity contribution in [1.82, 2.24) is 4.98 Å². The molecule has 2 aromatic rings. The van der Waals surface area contributed by atoms with Gasteiger partial charge in [-0.25, -0.2) is 4.98 Å². The zero-order valence-electron chi connectivity index (χ0n) is 8.79. The van der Waals surface area contributed by atoms with Crippen molar-refractivity contribution < 1.29 is 15.0 Å². The first-order valence-electron chi connectivity index (χ1n) is 4.91. The minimum Gasteiger partial charge on any atom is -0.508 e. The number of rotatable bonds is 2. The fourth-order valence-corrected chi connectivity index (χ4v) is 1.32. The first-order chi connectivity index (χ1) is 8.16. The van der Waals surface area contributed by atoms with E-state index >= 15 is 0 Å². The molecule has 0 saturated heterocycles. The van der Waals surface area contributed by atoms with E-state index in [1.54, 1.807) is 18.2 Å². The van der Waals surface area contributed by atoms with E-state index in [0.717, 1.165) is 0 Å². The van der Waals surface area contributed by atoms with E-state index in [1.165, 1.54) is 24.4 Å². The van der Waals surface area contributed by atoms with E-state index in [4.69, 9.17) is 0 Å². The van der Waals surface area contributed by atoms with Crippen molar-refractivity contribution in [1.29, 1.82) is 0 Å². The van der Waals surface area contributed by atoms with Crippen LogP contribution in [0.1, 0.15) is 10.4 Å². The molecular formula is C12H10N2O3. The Morgan fingerprint density at radius 1 is 1.18 bits per heavy atom. The zero-order chi connectivity index (χ0) is 12.3. The maximum atomic E-state index is 11.7. The summed E-state index contributed by atoms with van der Waals surface area (Å²) in [5, 5.41) is 21.1. The molecule has 86 valence electrons. The summed E-state index contributed by atoms with van der Waals surface area (Å²) in [6.45, 7) is 0. The number of nitrogens with zero attached hydrogens (tertiary/aromatic N) is 1. The Hall–Kier alpha value is -2.56. The van der Waals surface area contributed by atoms with Crippen LogP contribution in [-0.2, 0) is 0 Å². The molecule has 0 saturated carbocycles. The van der Waals surface area contributed by atoms with E-state index in [9.17, 15) is 15.0 Å². The molecule has 0 unspecified atom stereocenters. The number of carbonyl (C=O) groups is 1. The number of hydrogen-bond acceptors (Lipinski definition) is 4. The number of pyridine rings is 1. The predicted molar refractivity (Wildman–Crippen MR) is 62.0 cm³/mol. The van der Waals surface area contributed by atoms with E-state index in [1.807, 2.05) is 0 Å². The first kappa shape index (κ1) is 10.9. The van der Waals surface area contributed by atoms with Gasteiger partial charge < -0.3 is 15.5 Å². The number of benzene rings is 1. The molecule has 0 fully saturated rings. The standard InChI is InChI=1S/C12H10N2O3/c15-9-4-1-3-8(7-9)12(17)14-11-10(16)5-2-6-13-11/h1-7,15-16H,(H,13,14,17). The molecule has 3 N–H and O–H groups in total. The van der Waals surface area contributed by atoms with Crippen LogP contribution in [0.4, 0.5) is 5.82 Å². The van der Waals surface area contributed by atoms with Gasteiger partial charge in [-0.05, 0) is 30.3 Å². The number of carbonyl (C=O) groups excluding carboxylic acids is 1. The second-order valence-electron chi connectivity index (χ2n) is 3.38. The number of aromatic nitrogens is 1. The Morgan fingerprint density at radius 3 is 2.71 bits per heavy atom. The van der Waals surface area contributed by atoms with Gasteiger partial charge in [-0.2, -0.15) is 0 Å². The topological polar surface area (TPSA) is 82.5 Å². The lowest BCUT2D eigenvalue weighted by atomic mass is 10.2. The summed E-state index contributed by atoms with van der Waals surface area (Å²) in [7, 11) is 0. The molecule has 0 atom stereocenters. The van der Waals surface area contributed by atoms with Gasteiger partial charge in [0.2, 0.25) is 0 Å². The van der Waals surface area contributed by atoms with E-state index in [-0.39, 0.29) is 22.9 Å². The molecule has 5 nitrogen and oxygen atoms in total. The molecular weight excluding hydrogens is 220 g/mol. The maximum Gasteiger partial charge on any atom is 0.257 e. The summed E-state index contributed by atoms with van der Waals surface area (Å²) < 4.78 is 0. The predicted octanol–water partition coefficient (Wildman–Crippen LogP) is 1.75. The second kappa shape index (κ2) is 4.52. The van der Waals surface area contributed by atoms with Crippen LogP contribution < -0.4 is 5.32 Å². The molecule has 1 amide bonds. The van der Waals surface area contributed by atoms with Crippen molar-refractivity contribution in [3.05, 3.63) is 48.2 Å². The summed E-state index contributed by atoms with van der Waals surface area (Å²) in [5.41, 5.74) is 0.287. The van der Waals surface area contributed by atoms with Gasteiger partial charge >= 0.3 is 0 Å². The Morgan fingerprint density at radius 2 is 2.00 bits per heavy atom. The third-order valence-electron chi connectivity index (χ3n) is 2.13. The number of anilines is 1. The number of aromatic hydroxyl groups is 2. The third-order valence-corrected chi connectivity index (χ3v) is 2.13. The van der Waals surface area contributed by atoms with Gasteiger partial charge in [0.25, 0.3) is 5.91 Å². The van der Waals surface area contributed by atoms with Crippen molar-refractivity contribution in [3.8, 4) is 11.5 Å². The fraction of sp³-hybridized carbons (Fsp3) is 0. The summed E-state index contributed by atoms with van der Waals surface area (Å²) in [5.74, 6) is -0.473. The van der Waals surface area contributed by atoms with Crippen molar-refractivity contribution in [3.63, 3.8) is 0 Å². The van der Waals surface area contributed by atoms with Gasteiger partial charge in [-0.3, -0.25) is 4.79 Å². The van der Waals surface area contributed by atoms with Crippen molar-refractivity contribution >= 4 is 11.7 Å². The number of amides is 1. The van der Waals surface area contributed by atoms with Gasteiger partial charge in [0.15, 0.2) is 11.6 Å². The minimum absolute atomic E-state index is 0.00268. The number of phenols is 1. The van der Waals surface area contributed by atoms with Gasteiger partial charge in [0.1, 0.15) is 5.75 Å². The highest BCUT2D eigenvalue weighted by Crippen LogP contribution is 2.19. The first-order valence-corrected chi connectivity index (χ1v) is 4.91. The molecule has 1 aromatic heterocycles. The molecule has 0 aliphatic rings. The molecule has 17 heavy (non-hydrogen) atoms. The Balaban J connectivity index is 2.20.